The van der Waals surface area contributed by atoms with Crippen molar-refractivity contribution in [2.24, 2.45) is 4.99 Å². The van der Waals surface area contributed by atoms with E-state index >= 15 is 0 Å². The lowest BCUT2D eigenvalue weighted by Gasteiger charge is -2.34. The lowest BCUT2D eigenvalue weighted by molar-refractivity contribution is -0.130. The molecule has 1 aliphatic heterocycles. The maximum atomic E-state index is 11.4. The molecule has 28 heavy (non-hydrogen) atoms. The van der Waals surface area contributed by atoms with Crippen molar-refractivity contribution in [3.8, 4) is 11.5 Å². The van der Waals surface area contributed by atoms with E-state index in [0.29, 0.717) is 6.54 Å². The number of nitrogens with zero attached hydrogens (tertiary/aromatic N) is 3. The largest absolute Gasteiger partial charge is 0.493 e. The molecule has 1 atom stereocenters. The van der Waals surface area contributed by atoms with Gasteiger partial charge < -0.3 is 25.0 Å². The van der Waals surface area contributed by atoms with Gasteiger partial charge in [0.05, 0.1) is 13.7 Å². The first-order valence-electron chi connectivity index (χ1n) is 9.75. The number of benzene rings is 1. The molecule has 0 saturated carbocycles. The Morgan fingerprint density at radius 3 is 2.46 bits per heavy atom. The standard InChI is InChI=1S/C20H33N5O3/c1-16(28-19-8-6-5-7-18(19)27-4)15-23-20(21-3)22-9-10-24-11-13-25(14-12-24)17(2)26/h5-8,16H,9-15H2,1-4H3,(H2,21,22,23). The summed E-state index contributed by atoms with van der Waals surface area (Å²) in [6.07, 6.45) is -0.0468. The quantitative estimate of drug-likeness (QED) is 0.504. The van der Waals surface area contributed by atoms with Gasteiger partial charge in [0.25, 0.3) is 0 Å². The third kappa shape index (κ3) is 6.92. The molecule has 1 aromatic rings. The summed E-state index contributed by atoms with van der Waals surface area (Å²) in [6.45, 7) is 9.40. The van der Waals surface area contributed by atoms with Gasteiger partial charge in [-0.2, -0.15) is 0 Å². The highest BCUT2D eigenvalue weighted by Gasteiger charge is 2.18. The molecule has 1 amide bonds. The molecule has 8 heteroatoms. The van der Waals surface area contributed by atoms with E-state index < -0.39 is 0 Å². The molecule has 1 unspecified atom stereocenters. The van der Waals surface area contributed by atoms with E-state index in [-0.39, 0.29) is 12.0 Å². The minimum Gasteiger partial charge on any atom is -0.493 e. The van der Waals surface area contributed by atoms with Crippen LogP contribution in [0.3, 0.4) is 0 Å². The van der Waals surface area contributed by atoms with E-state index in [9.17, 15) is 4.79 Å². The number of methoxy groups -OCH3 is 1. The first-order chi connectivity index (χ1) is 13.5. The molecular weight excluding hydrogens is 358 g/mol. The van der Waals surface area contributed by atoms with Crippen molar-refractivity contribution in [2.75, 3.05) is 60.0 Å². The van der Waals surface area contributed by atoms with Crippen molar-refractivity contribution < 1.29 is 14.3 Å². The number of carbonyl (C=O) groups excluding carboxylic acids is 1. The Morgan fingerprint density at radius 2 is 1.86 bits per heavy atom. The number of rotatable bonds is 8. The molecule has 1 aliphatic rings. The fourth-order valence-electron chi connectivity index (χ4n) is 3.05. The Hall–Kier alpha value is -2.48. The van der Waals surface area contributed by atoms with Gasteiger partial charge in [0, 0.05) is 53.2 Å². The van der Waals surface area contributed by atoms with Crippen LogP contribution in [-0.2, 0) is 4.79 Å². The molecule has 156 valence electrons. The Morgan fingerprint density at radius 1 is 1.18 bits per heavy atom. The molecule has 0 radical (unpaired) electrons. The van der Waals surface area contributed by atoms with E-state index in [1.54, 1.807) is 21.1 Å². The van der Waals surface area contributed by atoms with Gasteiger partial charge in [-0.1, -0.05) is 12.1 Å². The molecule has 1 aromatic carbocycles. The van der Waals surface area contributed by atoms with Gasteiger partial charge in [0.2, 0.25) is 5.91 Å². The summed E-state index contributed by atoms with van der Waals surface area (Å²) >= 11 is 0. The topological polar surface area (TPSA) is 78.4 Å². The van der Waals surface area contributed by atoms with Gasteiger partial charge in [0.1, 0.15) is 6.10 Å². The third-order valence-corrected chi connectivity index (χ3v) is 4.72. The number of aliphatic imine (C=N–C) groups is 1. The summed E-state index contributed by atoms with van der Waals surface area (Å²) < 4.78 is 11.3. The fourth-order valence-corrected chi connectivity index (χ4v) is 3.05. The minimum absolute atomic E-state index is 0.0468. The second-order valence-electron chi connectivity index (χ2n) is 6.81. The Balaban J connectivity index is 1.66. The molecule has 2 N–H and O–H groups in total. The number of piperazine rings is 1. The number of amides is 1. The van der Waals surface area contributed by atoms with Gasteiger partial charge in [-0.3, -0.25) is 14.7 Å². The van der Waals surface area contributed by atoms with Crippen LogP contribution >= 0.6 is 0 Å². The van der Waals surface area contributed by atoms with Crippen LogP contribution in [0.15, 0.2) is 29.3 Å². The van der Waals surface area contributed by atoms with Crippen LogP contribution in [-0.4, -0.2) is 87.7 Å². The number of carbonyl (C=O) groups is 1. The second-order valence-corrected chi connectivity index (χ2v) is 6.81. The summed E-state index contributed by atoms with van der Waals surface area (Å²) in [5.74, 6) is 2.36. The minimum atomic E-state index is -0.0468. The Labute approximate surface area is 167 Å². The zero-order chi connectivity index (χ0) is 20.4. The molecule has 1 saturated heterocycles. The highest BCUT2D eigenvalue weighted by molar-refractivity contribution is 5.79. The molecule has 8 nitrogen and oxygen atoms in total. The van der Waals surface area contributed by atoms with Crippen LogP contribution in [0, 0.1) is 0 Å². The van der Waals surface area contributed by atoms with Crippen LogP contribution in [0.25, 0.3) is 0 Å². The highest BCUT2D eigenvalue weighted by Crippen LogP contribution is 2.26. The molecule has 0 spiro atoms. The molecule has 1 heterocycles. The van der Waals surface area contributed by atoms with Gasteiger partial charge in [0.15, 0.2) is 17.5 Å². The van der Waals surface area contributed by atoms with Crippen molar-refractivity contribution in [2.45, 2.75) is 20.0 Å². The lowest BCUT2D eigenvalue weighted by atomic mass is 10.3. The van der Waals surface area contributed by atoms with E-state index in [0.717, 1.165) is 56.7 Å². The number of nitrogens with one attached hydrogen (secondary N) is 2. The predicted octanol–water partition coefficient (Wildman–Crippen LogP) is 0.792. The average molecular weight is 392 g/mol. The number of hydrogen-bond donors (Lipinski definition) is 2. The molecule has 0 aliphatic carbocycles. The van der Waals surface area contributed by atoms with Crippen molar-refractivity contribution in [1.29, 1.82) is 0 Å². The van der Waals surface area contributed by atoms with Crippen molar-refractivity contribution in [3.63, 3.8) is 0 Å². The predicted molar refractivity (Wildman–Crippen MR) is 111 cm³/mol. The van der Waals surface area contributed by atoms with Crippen LogP contribution < -0.4 is 20.1 Å². The summed E-state index contributed by atoms with van der Waals surface area (Å²) in [7, 11) is 3.39. The normalized spacial score (nSPS) is 16.4. The SMILES string of the molecule is CN=C(NCCN1CCN(C(C)=O)CC1)NCC(C)Oc1ccccc1OC. The van der Waals surface area contributed by atoms with E-state index in [1.165, 1.54) is 0 Å². The fraction of sp³-hybridized carbons (Fsp3) is 0.600. The van der Waals surface area contributed by atoms with Gasteiger partial charge in [-0.15, -0.1) is 0 Å². The maximum Gasteiger partial charge on any atom is 0.219 e. The van der Waals surface area contributed by atoms with Crippen LogP contribution in [0.5, 0.6) is 11.5 Å². The van der Waals surface area contributed by atoms with E-state index in [2.05, 4.69) is 20.5 Å². The van der Waals surface area contributed by atoms with Crippen LogP contribution in [0.1, 0.15) is 13.8 Å². The van der Waals surface area contributed by atoms with E-state index in [1.807, 2.05) is 36.1 Å². The molecule has 1 fully saturated rings. The summed E-state index contributed by atoms with van der Waals surface area (Å²) in [4.78, 5) is 19.9. The molecule has 2 rings (SSSR count). The average Bonchev–Trinajstić information content (AvgIpc) is 2.71. The Kier molecular flexibility index (Phi) is 8.87. The van der Waals surface area contributed by atoms with Gasteiger partial charge >= 0.3 is 0 Å². The summed E-state index contributed by atoms with van der Waals surface area (Å²) in [6, 6.07) is 7.62. The van der Waals surface area contributed by atoms with Crippen molar-refractivity contribution in [1.82, 2.24) is 20.4 Å². The summed E-state index contributed by atoms with van der Waals surface area (Å²) in [5, 5.41) is 6.62. The van der Waals surface area contributed by atoms with Crippen LogP contribution in [0.2, 0.25) is 0 Å². The molecule has 0 aromatic heterocycles. The third-order valence-electron chi connectivity index (χ3n) is 4.72. The number of hydrogen-bond acceptors (Lipinski definition) is 5. The van der Waals surface area contributed by atoms with E-state index in [4.69, 9.17) is 9.47 Å². The zero-order valence-electron chi connectivity index (χ0n) is 17.4. The first-order valence-corrected chi connectivity index (χ1v) is 9.75. The lowest BCUT2D eigenvalue weighted by Crippen LogP contribution is -2.50. The first kappa shape index (κ1) is 21.8. The summed E-state index contributed by atoms with van der Waals surface area (Å²) in [5.41, 5.74) is 0. The van der Waals surface area contributed by atoms with Gasteiger partial charge in [-0.05, 0) is 19.1 Å². The number of guanidine groups is 1. The highest BCUT2D eigenvalue weighted by atomic mass is 16.5. The van der Waals surface area contributed by atoms with Crippen molar-refractivity contribution >= 4 is 11.9 Å². The smallest absolute Gasteiger partial charge is 0.219 e. The molecule has 0 bridgehead atoms. The second kappa shape index (κ2) is 11.4. The Bertz CT molecular complexity index is 644. The monoisotopic (exact) mass is 391 g/mol. The van der Waals surface area contributed by atoms with Gasteiger partial charge in [-0.25, -0.2) is 0 Å². The molecular formula is C20H33N5O3. The number of para-hydroxylation sites is 2. The van der Waals surface area contributed by atoms with Crippen molar-refractivity contribution in [3.05, 3.63) is 24.3 Å². The number of ether oxygens (including phenoxy) is 2. The zero-order valence-corrected chi connectivity index (χ0v) is 17.4. The van der Waals surface area contributed by atoms with Crippen LogP contribution in [0.4, 0.5) is 0 Å². The maximum absolute atomic E-state index is 11.4.